The topological polar surface area (TPSA) is 44.4 Å². The highest BCUT2D eigenvalue weighted by Crippen LogP contribution is 2.15. The van der Waals surface area contributed by atoms with E-state index >= 15 is 0 Å². The lowest BCUT2D eigenvalue weighted by atomic mass is 10.1. The minimum Gasteiger partial charge on any atom is -0.336 e. The first kappa shape index (κ1) is 13.2. The summed E-state index contributed by atoms with van der Waals surface area (Å²) in [7, 11) is 0. The number of nitrogens with one attached hydrogen (secondary N) is 2. The second kappa shape index (κ2) is 6.07. The summed E-state index contributed by atoms with van der Waals surface area (Å²) in [5.41, 5.74) is 1.20. The number of urea groups is 1. The van der Waals surface area contributed by atoms with Gasteiger partial charge in [0.1, 0.15) is 0 Å². The van der Waals surface area contributed by atoms with E-state index in [1.54, 1.807) is 0 Å². The predicted molar refractivity (Wildman–Crippen MR) is 72.8 cm³/mol. The van der Waals surface area contributed by atoms with Crippen LogP contribution in [0.1, 0.15) is 18.5 Å². The van der Waals surface area contributed by atoms with E-state index in [9.17, 15) is 4.79 Å². The van der Waals surface area contributed by atoms with E-state index in [1.807, 2.05) is 29.2 Å². The molecule has 1 aromatic carbocycles. The highest BCUT2D eigenvalue weighted by molar-refractivity contribution is 6.30. The molecule has 2 rings (SSSR count). The van der Waals surface area contributed by atoms with Gasteiger partial charge < -0.3 is 15.5 Å². The molecule has 0 unspecified atom stereocenters. The lowest BCUT2D eigenvalue weighted by molar-refractivity contribution is 0.217. The minimum atomic E-state index is 0.0379. The number of nitrogens with zero attached hydrogens (tertiary/aromatic N) is 1. The Morgan fingerprint density at radius 2 is 2.17 bits per heavy atom. The van der Waals surface area contributed by atoms with Crippen LogP contribution in [0.15, 0.2) is 24.3 Å². The average molecular weight is 268 g/mol. The summed E-state index contributed by atoms with van der Waals surface area (Å²) < 4.78 is 0. The molecule has 98 valence electrons. The number of amides is 2. The van der Waals surface area contributed by atoms with Crippen LogP contribution in [0.25, 0.3) is 0 Å². The second-order valence-electron chi connectivity index (χ2n) is 4.45. The van der Waals surface area contributed by atoms with Crippen molar-refractivity contribution in [3.63, 3.8) is 0 Å². The van der Waals surface area contributed by atoms with E-state index in [0.29, 0.717) is 0 Å². The number of hydrogen-bond donors (Lipinski definition) is 2. The number of carbonyl (C=O) groups excluding carboxylic acids is 1. The monoisotopic (exact) mass is 267 g/mol. The molecule has 2 amide bonds. The van der Waals surface area contributed by atoms with E-state index in [1.165, 1.54) is 5.56 Å². The summed E-state index contributed by atoms with van der Waals surface area (Å²) in [6.07, 6.45) is 0. The van der Waals surface area contributed by atoms with Crippen molar-refractivity contribution in [3.8, 4) is 0 Å². The van der Waals surface area contributed by atoms with Gasteiger partial charge in [-0.3, -0.25) is 0 Å². The molecular formula is C13H18ClN3O. The third-order valence-corrected chi connectivity index (χ3v) is 3.40. The lowest BCUT2D eigenvalue weighted by Crippen LogP contribution is -2.35. The second-order valence-corrected chi connectivity index (χ2v) is 4.88. The first-order valence-corrected chi connectivity index (χ1v) is 6.56. The quantitative estimate of drug-likeness (QED) is 0.857. The van der Waals surface area contributed by atoms with Crippen LogP contribution in [-0.2, 0) is 0 Å². The Kier molecular flexibility index (Phi) is 4.44. The number of halogens is 1. The van der Waals surface area contributed by atoms with Gasteiger partial charge in [0.05, 0.1) is 0 Å². The van der Waals surface area contributed by atoms with Crippen LogP contribution in [0.3, 0.4) is 0 Å². The summed E-state index contributed by atoms with van der Waals surface area (Å²) >= 11 is 5.85. The third-order valence-electron chi connectivity index (χ3n) is 3.15. The molecular weight excluding hydrogens is 250 g/mol. The molecule has 1 aliphatic rings. The Morgan fingerprint density at radius 3 is 2.78 bits per heavy atom. The molecule has 5 heteroatoms. The van der Waals surface area contributed by atoms with Crippen molar-refractivity contribution in [2.45, 2.75) is 13.0 Å². The van der Waals surface area contributed by atoms with E-state index in [2.05, 4.69) is 17.6 Å². The van der Waals surface area contributed by atoms with Gasteiger partial charge in [0.15, 0.2) is 0 Å². The summed E-state index contributed by atoms with van der Waals surface area (Å²) in [5.74, 6) is 0. The molecule has 1 heterocycles. The minimum absolute atomic E-state index is 0.0379. The molecule has 0 bridgehead atoms. The third kappa shape index (κ3) is 3.37. The van der Waals surface area contributed by atoms with Crippen LogP contribution in [0.5, 0.6) is 0 Å². The molecule has 4 nitrogen and oxygen atoms in total. The molecule has 1 aliphatic heterocycles. The molecule has 0 radical (unpaired) electrons. The van der Waals surface area contributed by atoms with E-state index in [4.69, 9.17) is 11.6 Å². The zero-order chi connectivity index (χ0) is 13.0. The Labute approximate surface area is 112 Å². The number of benzene rings is 1. The zero-order valence-electron chi connectivity index (χ0n) is 10.4. The maximum absolute atomic E-state index is 11.3. The van der Waals surface area contributed by atoms with E-state index in [0.717, 1.165) is 31.2 Å². The summed E-state index contributed by atoms with van der Waals surface area (Å²) in [4.78, 5) is 13.2. The van der Waals surface area contributed by atoms with Gasteiger partial charge in [0.2, 0.25) is 0 Å². The normalized spacial score (nSPS) is 16.8. The largest absolute Gasteiger partial charge is 0.336 e. The van der Waals surface area contributed by atoms with Crippen molar-refractivity contribution in [1.82, 2.24) is 15.5 Å². The molecule has 0 spiro atoms. The highest BCUT2D eigenvalue weighted by Gasteiger charge is 2.18. The number of hydrogen-bond acceptors (Lipinski definition) is 2. The molecule has 18 heavy (non-hydrogen) atoms. The molecule has 0 aliphatic carbocycles. The first-order chi connectivity index (χ1) is 8.66. The van der Waals surface area contributed by atoms with Gasteiger partial charge in [-0.1, -0.05) is 23.7 Å². The SMILES string of the molecule is C[C@@H](NCCN1CCNC1=O)c1ccc(Cl)cc1. The number of carbonyl (C=O) groups is 1. The molecule has 1 atom stereocenters. The van der Waals surface area contributed by atoms with Crippen molar-refractivity contribution >= 4 is 17.6 Å². The lowest BCUT2D eigenvalue weighted by Gasteiger charge is -2.18. The molecule has 1 fully saturated rings. The maximum Gasteiger partial charge on any atom is 0.317 e. The summed E-state index contributed by atoms with van der Waals surface area (Å²) in [5, 5.41) is 6.94. The average Bonchev–Trinajstić information content (AvgIpc) is 2.76. The van der Waals surface area contributed by atoms with Crippen molar-refractivity contribution < 1.29 is 4.79 Å². The van der Waals surface area contributed by atoms with E-state index in [-0.39, 0.29) is 12.1 Å². The van der Waals surface area contributed by atoms with Gasteiger partial charge in [0, 0.05) is 37.2 Å². The summed E-state index contributed by atoms with van der Waals surface area (Å²) in [6.45, 7) is 5.19. The molecule has 1 saturated heterocycles. The van der Waals surface area contributed by atoms with Crippen molar-refractivity contribution in [1.29, 1.82) is 0 Å². The fourth-order valence-corrected chi connectivity index (χ4v) is 2.14. The van der Waals surface area contributed by atoms with Gasteiger partial charge in [-0.25, -0.2) is 4.79 Å². The Morgan fingerprint density at radius 1 is 1.44 bits per heavy atom. The maximum atomic E-state index is 11.3. The fraction of sp³-hybridized carbons (Fsp3) is 0.462. The van der Waals surface area contributed by atoms with Crippen LogP contribution in [-0.4, -0.2) is 37.1 Å². The summed E-state index contributed by atoms with van der Waals surface area (Å²) in [6, 6.07) is 8.11. The standard InChI is InChI=1S/C13H18ClN3O/c1-10(11-2-4-12(14)5-3-11)15-6-8-17-9-7-16-13(17)18/h2-5,10,15H,6-9H2,1H3,(H,16,18)/t10-/m1/s1. The van der Waals surface area contributed by atoms with Crippen LogP contribution >= 0.6 is 11.6 Å². The Hall–Kier alpha value is -1.26. The molecule has 2 N–H and O–H groups in total. The van der Waals surface area contributed by atoms with Gasteiger partial charge in [-0.15, -0.1) is 0 Å². The van der Waals surface area contributed by atoms with Gasteiger partial charge in [0.25, 0.3) is 0 Å². The van der Waals surface area contributed by atoms with Crippen molar-refractivity contribution in [2.75, 3.05) is 26.2 Å². The molecule has 0 aromatic heterocycles. The van der Waals surface area contributed by atoms with Gasteiger partial charge in [-0.2, -0.15) is 0 Å². The van der Waals surface area contributed by atoms with Gasteiger partial charge >= 0.3 is 6.03 Å². The van der Waals surface area contributed by atoms with Crippen LogP contribution in [0, 0.1) is 0 Å². The van der Waals surface area contributed by atoms with E-state index < -0.39 is 0 Å². The van der Waals surface area contributed by atoms with Crippen LogP contribution < -0.4 is 10.6 Å². The highest BCUT2D eigenvalue weighted by atomic mass is 35.5. The molecule has 0 saturated carbocycles. The zero-order valence-corrected chi connectivity index (χ0v) is 11.2. The van der Waals surface area contributed by atoms with Crippen LogP contribution in [0.2, 0.25) is 5.02 Å². The molecule has 1 aromatic rings. The smallest absolute Gasteiger partial charge is 0.317 e. The van der Waals surface area contributed by atoms with Crippen LogP contribution in [0.4, 0.5) is 4.79 Å². The Bertz CT molecular complexity index is 407. The van der Waals surface area contributed by atoms with Crippen molar-refractivity contribution in [3.05, 3.63) is 34.9 Å². The fourth-order valence-electron chi connectivity index (χ4n) is 2.01. The Balaban J connectivity index is 1.76. The predicted octanol–water partition coefficient (Wildman–Crippen LogP) is 2.02. The van der Waals surface area contributed by atoms with Crippen molar-refractivity contribution in [2.24, 2.45) is 0 Å². The van der Waals surface area contributed by atoms with Gasteiger partial charge in [-0.05, 0) is 24.6 Å². The number of rotatable bonds is 5. The first-order valence-electron chi connectivity index (χ1n) is 6.18.